The van der Waals surface area contributed by atoms with Gasteiger partial charge in [0.1, 0.15) is 16.5 Å². The van der Waals surface area contributed by atoms with Crippen LogP contribution in [-0.2, 0) is 0 Å². The zero-order valence-corrected chi connectivity index (χ0v) is 17.7. The molecule has 1 aromatic carbocycles. The number of nitrogens with zero attached hydrogens (tertiary/aromatic N) is 5. The fourth-order valence-corrected chi connectivity index (χ4v) is 4.34. The van der Waals surface area contributed by atoms with E-state index in [1.807, 2.05) is 56.3 Å². The van der Waals surface area contributed by atoms with Crippen LogP contribution in [0.5, 0.6) is 5.75 Å². The highest BCUT2D eigenvalue weighted by molar-refractivity contribution is 8.01. The molecule has 3 heterocycles. The van der Waals surface area contributed by atoms with Crippen LogP contribution >= 0.6 is 23.1 Å². The van der Waals surface area contributed by atoms with Crippen molar-refractivity contribution in [2.75, 3.05) is 12.4 Å². The molecule has 1 N–H and O–H groups in total. The fraction of sp³-hybridized carbons (Fsp3) is 0.150. The van der Waals surface area contributed by atoms with Crippen molar-refractivity contribution in [1.82, 2.24) is 25.1 Å². The topological polar surface area (TPSA) is 85.7 Å². The molecule has 0 spiro atoms. The predicted octanol–water partition coefficient (Wildman–Crippen LogP) is 4.91. The van der Waals surface area contributed by atoms with Crippen LogP contribution in [0.25, 0.3) is 11.5 Å². The van der Waals surface area contributed by atoms with Gasteiger partial charge in [0.2, 0.25) is 5.13 Å². The normalized spacial score (nSPS) is 10.7. The molecule has 29 heavy (non-hydrogen) atoms. The Morgan fingerprint density at radius 3 is 2.72 bits per heavy atom. The van der Waals surface area contributed by atoms with Crippen molar-refractivity contribution in [2.24, 2.45) is 0 Å². The lowest BCUT2D eigenvalue weighted by molar-refractivity contribution is 0.415. The summed E-state index contributed by atoms with van der Waals surface area (Å²) in [6.45, 7) is 3.99. The molecule has 0 fully saturated rings. The molecular formula is C20H18N6OS2. The van der Waals surface area contributed by atoms with Crippen molar-refractivity contribution in [2.45, 2.75) is 23.2 Å². The third-order valence-corrected chi connectivity index (χ3v) is 6.13. The Labute approximate surface area is 176 Å². The Balaban J connectivity index is 1.56. The summed E-state index contributed by atoms with van der Waals surface area (Å²) in [7, 11) is 1.64. The lowest BCUT2D eigenvalue weighted by Gasteiger charge is -2.08. The largest absolute Gasteiger partial charge is 0.497 e. The second kappa shape index (κ2) is 8.54. The average molecular weight is 423 g/mol. The molecule has 0 saturated carbocycles. The second-order valence-electron chi connectivity index (χ2n) is 6.11. The van der Waals surface area contributed by atoms with Crippen molar-refractivity contribution in [1.29, 1.82) is 0 Å². The Hall–Kier alpha value is -3.04. The lowest BCUT2D eigenvalue weighted by atomic mass is 10.2. The number of aryl methyl sites for hydroxylation is 1. The third kappa shape index (κ3) is 4.52. The Kier molecular flexibility index (Phi) is 5.68. The molecule has 4 aromatic rings. The molecule has 0 radical (unpaired) electrons. The van der Waals surface area contributed by atoms with Crippen LogP contribution in [-0.4, -0.2) is 32.3 Å². The van der Waals surface area contributed by atoms with Crippen molar-refractivity contribution < 1.29 is 4.74 Å². The highest BCUT2D eigenvalue weighted by atomic mass is 32.2. The fourth-order valence-electron chi connectivity index (χ4n) is 2.52. The van der Waals surface area contributed by atoms with Crippen molar-refractivity contribution in [3.8, 4) is 17.3 Å². The van der Waals surface area contributed by atoms with E-state index in [0.29, 0.717) is 11.0 Å². The van der Waals surface area contributed by atoms with Crippen LogP contribution in [0.4, 0.5) is 10.8 Å². The van der Waals surface area contributed by atoms with Gasteiger partial charge in [-0.25, -0.2) is 9.97 Å². The van der Waals surface area contributed by atoms with Crippen molar-refractivity contribution >= 4 is 33.9 Å². The molecule has 0 aliphatic heterocycles. The molecular weight excluding hydrogens is 404 g/mol. The summed E-state index contributed by atoms with van der Waals surface area (Å²) in [5.41, 5.74) is 3.58. The zero-order chi connectivity index (χ0) is 20.2. The lowest BCUT2D eigenvalue weighted by Crippen LogP contribution is -1.99. The van der Waals surface area contributed by atoms with E-state index in [4.69, 9.17) is 9.72 Å². The smallest absolute Gasteiger partial charge is 0.210 e. The SMILES string of the molecule is COc1cccc(Nc2nnc(Sc3nc(-c4ccccn4)nc(C)c3C)s2)c1. The summed E-state index contributed by atoms with van der Waals surface area (Å²) in [5.74, 6) is 1.39. The van der Waals surface area contributed by atoms with E-state index in [1.54, 1.807) is 13.3 Å². The van der Waals surface area contributed by atoms with Crippen LogP contribution in [0.2, 0.25) is 0 Å². The number of benzene rings is 1. The molecule has 7 nitrogen and oxygen atoms in total. The average Bonchev–Trinajstić information content (AvgIpc) is 3.18. The summed E-state index contributed by atoms with van der Waals surface area (Å²) in [6.07, 6.45) is 1.74. The summed E-state index contributed by atoms with van der Waals surface area (Å²) in [6, 6.07) is 13.4. The number of pyridine rings is 1. The number of aromatic nitrogens is 5. The Morgan fingerprint density at radius 2 is 1.93 bits per heavy atom. The molecule has 0 aliphatic rings. The highest BCUT2D eigenvalue weighted by Crippen LogP contribution is 2.35. The van der Waals surface area contributed by atoms with E-state index >= 15 is 0 Å². The summed E-state index contributed by atoms with van der Waals surface area (Å²) in [5, 5.41) is 13.3. The number of anilines is 2. The van der Waals surface area contributed by atoms with Gasteiger partial charge >= 0.3 is 0 Å². The first-order chi connectivity index (χ1) is 14.1. The maximum Gasteiger partial charge on any atom is 0.210 e. The molecule has 0 amide bonds. The van der Waals surface area contributed by atoms with Gasteiger partial charge in [-0.2, -0.15) is 0 Å². The first kappa shape index (κ1) is 19.3. The van der Waals surface area contributed by atoms with Gasteiger partial charge in [0.05, 0.1) is 7.11 Å². The molecule has 0 bridgehead atoms. The van der Waals surface area contributed by atoms with Gasteiger partial charge in [-0.1, -0.05) is 23.5 Å². The maximum absolute atomic E-state index is 5.25. The molecule has 3 aromatic heterocycles. The van der Waals surface area contributed by atoms with Crippen molar-refractivity contribution in [3.63, 3.8) is 0 Å². The number of rotatable bonds is 6. The van der Waals surface area contributed by atoms with Gasteiger partial charge in [-0.05, 0) is 49.9 Å². The van der Waals surface area contributed by atoms with E-state index in [-0.39, 0.29) is 0 Å². The maximum atomic E-state index is 5.25. The molecule has 9 heteroatoms. The monoisotopic (exact) mass is 422 g/mol. The standard InChI is InChI=1S/C20H18N6OS2/c1-12-13(2)22-17(16-9-4-5-10-21-16)24-18(12)28-20-26-25-19(29-20)23-14-7-6-8-15(11-14)27-3/h4-11H,1-3H3,(H,23,25). The molecule has 0 saturated heterocycles. The molecule has 0 aliphatic carbocycles. The molecule has 0 unspecified atom stereocenters. The van der Waals surface area contributed by atoms with Gasteiger partial charge in [-0.3, -0.25) is 4.98 Å². The summed E-state index contributed by atoms with van der Waals surface area (Å²) < 4.78 is 6.05. The van der Waals surface area contributed by atoms with Crippen LogP contribution in [0.3, 0.4) is 0 Å². The quantitative estimate of drug-likeness (QED) is 0.439. The van der Waals surface area contributed by atoms with Crippen molar-refractivity contribution in [3.05, 3.63) is 59.9 Å². The number of methoxy groups -OCH3 is 1. The highest BCUT2D eigenvalue weighted by Gasteiger charge is 2.14. The zero-order valence-electron chi connectivity index (χ0n) is 16.1. The number of nitrogens with one attached hydrogen (secondary N) is 1. The van der Waals surface area contributed by atoms with Crippen LogP contribution in [0.15, 0.2) is 58.0 Å². The minimum atomic E-state index is 0.607. The predicted molar refractivity (Wildman–Crippen MR) is 115 cm³/mol. The Morgan fingerprint density at radius 1 is 1.03 bits per heavy atom. The van der Waals surface area contributed by atoms with Gasteiger partial charge in [0, 0.05) is 29.2 Å². The molecule has 146 valence electrons. The van der Waals surface area contributed by atoms with E-state index in [2.05, 4.69) is 25.5 Å². The van der Waals surface area contributed by atoms with E-state index < -0.39 is 0 Å². The van der Waals surface area contributed by atoms with E-state index in [9.17, 15) is 0 Å². The second-order valence-corrected chi connectivity index (χ2v) is 8.32. The molecule has 0 atom stereocenters. The van der Waals surface area contributed by atoms with E-state index in [0.717, 1.165) is 37.8 Å². The first-order valence-electron chi connectivity index (χ1n) is 8.81. The minimum Gasteiger partial charge on any atom is -0.497 e. The van der Waals surface area contributed by atoms with Crippen LogP contribution in [0.1, 0.15) is 11.3 Å². The van der Waals surface area contributed by atoms with Crippen LogP contribution < -0.4 is 10.1 Å². The van der Waals surface area contributed by atoms with Gasteiger partial charge in [-0.15, -0.1) is 10.2 Å². The summed E-state index contributed by atoms with van der Waals surface area (Å²) in [4.78, 5) is 13.6. The first-order valence-corrected chi connectivity index (χ1v) is 10.4. The Bertz CT molecular complexity index is 1130. The number of hydrogen-bond acceptors (Lipinski definition) is 9. The number of hydrogen-bond donors (Lipinski definition) is 1. The van der Waals surface area contributed by atoms with Gasteiger partial charge < -0.3 is 10.1 Å². The molecule has 4 rings (SSSR count). The van der Waals surface area contributed by atoms with Gasteiger partial charge in [0.25, 0.3) is 0 Å². The summed E-state index contributed by atoms with van der Waals surface area (Å²) >= 11 is 2.94. The third-order valence-electron chi connectivity index (χ3n) is 4.15. The minimum absolute atomic E-state index is 0.607. The van der Waals surface area contributed by atoms with Crippen LogP contribution in [0, 0.1) is 13.8 Å². The number of ether oxygens (including phenoxy) is 1. The van der Waals surface area contributed by atoms with E-state index in [1.165, 1.54) is 23.1 Å². The van der Waals surface area contributed by atoms with Gasteiger partial charge in [0.15, 0.2) is 10.2 Å².